The Bertz CT molecular complexity index is 1550. The molecule has 1 amide bonds. The van der Waals surface area contributed by atoms with Crippen LogP contribution in [0.5, 0.6) is 5.75 Å². The highest BCUT2D eigenvalue weighted by atomic mass is 19.1. The van der Waals surface area contributed by atoms with Crippen LogP contribution in [0.25, 0.3) is 22.2 Å². The van der Waals surface area contributed by atoms with Crippen molar-refractivity contribution in [2.24, 2.45) is 0 Å². The summed E-state index contributed by atoms with van der Waals surface area (Å²) < 4.78 is 24.5. The minimum atomic E-state index is -0.472. The summed E-state index contributed by atoms with van der Waals surface area (Å²) in [5.74, 6) is 1.24. The normalized spacial score (nSPS) is 11.1. The predicted molar refractivity (Wildman–Crippen MR) is 140 cm³/mol. The highest BCUT2D eigenvalue weighted by molar-refractivity contribution is 5.91. The van der Waals surface area contributed by atoms with E-state index < -0.39 is 11.7 Å². The molecular formula is C28H27FN6O3. The number of amides is 1. The number of aromatic amines is 1. The zero-order valence-electron chi connectivity index (χ0n) is 20.8. The first-order valence-electron chi connectivity index (χ1n) is 12.3. The minimum Gasteiger partial charge on any atom is -0.496 e. The maximum Gasteiger partial charge on any atom is 0.273 e. The number of fused-ring (bicyclic) bond motifs is 1. The molecule has 0 aliphatic rings. The van der Waals surface area contributed by atoms with Gasteiger partial charge in [-0.25, -0.2) is 14.4 Å². The van der Waals surface area contributed by atoms with Gasteiger partial charge in [-0.3, -0.25) is 9.78 Å². The molecule has 0 atom stereocenters. The molecule has 9 nitrogen and oxygen atoms in total. The number of hydrogen-bond donors (Lipinski definition) is 3. The van der Waals surface area contributed by atoms with E-state index in [1.54, 1.807) is 7.11 Å². The van der Waals surface area contributed by atoms with E-state index in [0.29, 0.717) is 25.4 Å². The fourth-order valence-electron chi connectivity index (χ4n) is 4.09. The van der Waals surface area contributed by atoms with Crippen LogP contribution in [0.15, 0.2) is 71.5 Å². The fraction of sp³-hybridized carbons (Fsp3) is 0.214. The molecule has 0 aliphatic carbocycles. The van der Waals surface area contributed by atoms with Crippen molar-refractivity contribution in [3.8, 4) is 16.9 Å². The largest absolute Gasteiger partial charge is 0.496 e. The zero-order chi connectivity index (χ0) is 26.3. The Hall–Kier alpha value is -4.57. The second-order valence-corrected chi connectivity index (χ2v) is 8.61. The smallest absolute Gasteiger partial charge is 0.273 e. The van der Waals surface area contributed by atoms with Gasteiger partial charge in [-0.2, -0.15) is 0 Å². The molecule has 0 saturated carbocycles. The van der Waals surface area contributed by atoms with E-state index >= 15 is 0 Å². The number of hydrogen-bond acceptors (Lipinski definition) is 7. The topological polar surface area (TPSA) is 118 Å². The molecule has 0 saturated heterocycles. The van der Waals surface area contributed by atoms with Crippen molar-refractivity contribution in [2.75, 3.05) is 20.2 Å². The number of benzene rings is 2. The third-order valence-electron chi connectivity index (χ3n) is 6.04. The molecule has 0 bridgehead atoms. The molecule has 0 radical (unpaired) electrons. The number of nitrogens with one attached hydrogen (secondary N) is 3. The number of rotatable bonds is 11. The van der Waals surface area contributed by atoms with Crippen LogP contribution in [-0.2, 0) is 19.4 Å². The van der Waals surface area contributed by atoms with Gasteiger partial charge in [0.2, 0.25) is 0 Å². The number of halogens is 1. The first-order chi connectivity index (χ1) is 18.6. The van der Waals surface area contributed by atoms with Crippen LogP contribution in [0.2, 0.25) is 0 Å². The van der Waals surface area contributed by atoms with Gasteiger partial charge >= 0.3 is 0 Å². The monoisotopic (exact) mass is 514 g/mol. The average molecular weight is 515 g/mol. The number of aromatic nitrogens is 4. The molecule has 3 heterocycles. The van der Waals surface area contributed by atoms with Gasteiger partial charge in [0, 0.05) is 37.7 Å². The number of carbonyl (C=O) groups excluding carboxylic acids is 1. The van der Waals surface area contributed by atoms with Crippen molar-refractivity contribution in [3.05, 3.63) is 96.0 Å². The third-order valence-corrected chi connectivity index (χ3v) is 6.04. The number of H-pyrrole nitrogens is 1. The third kappa shape index (κ3) is 5.87. The van der Waals surface area contributed by atoms with E-state index in [2.05, 4.69) is 36.6 Å². The standard InChI is InChI=1S/C28H27FN6O3/c1-37-25-7-3-2-5-19(25)18-8-9-21-22(15-18)34-26(33-21)10-13-30-14-11-27-35-24(17-38-27)28(36)32-16-23-20(29)6-4-12-31-23/h2-9,12,15,17,30H,10-11,13-14,16H2,1H3,(H,32,36)(H,33,34). The number of carbonyl (C=O) groups is 1. The fourth-order valence-corrected chi connectivity index (χ4v) is 4.09. The minimum absolute atomic E-state index is 0.0290. The maximum absolute atomic E-state index is 13.7. The van der Waals surface area contributed by atoms with E-state index in [1.165, 1.54) is 24.6 Å². The van der Waals surface area contributed by atoms with E-state index in [0.717, 1.165) is 40.2 Å². The second-order valence-electron chi connectivity index (χ2n) is 8.61. The van der Waals surface area contributed by atoms with Gasteiger partial charge in [0.25, 0.3) is 5.91 Å². The lowest BCUT2D eigenvalue weighted by Crippen LogP contribution is -2.24. The van der Waals surface area contributed by atoms with E-state index in [1.807, 2.05) is 36.4 Å². The Kier molecular flexibility index (Phi) is 7.70. The summed E-state index contributed by atoms with van der Waals surface area (Å²) in [7, 11) is 1.67. The van der Waals surface area contributed by atoms with Crippen LogP contribution in [0.3, 0.4) is 0 Å². The Morgan fingerprint density at radius 1 is 1.08 bits per heavy atom. The quantitative estimate of drug-likeness (QED) is 0.228. The van der Waals surface area contributed by atoms with E-state index in [4.69, 9.17) is 9.15 Å². The Morgan fingerprint density at radius 2 is 1.95 bits per heavy atom. The lowest BCUT2D eigenvalue weighted by atomic mass is 10.0. The summed E-state index contributed by atoms with van der Waals surface area (Å²) in [5.41, 5.74) is 4.28. The molecule has 2 aromatic carbocycles. The number of ether oxygens (including phenoxy) is 1. The number of pyridine rings is 1. The Balaban J connectivity index is 1.08. The Morgan fingerprint density at radius 3 is 2.82 bits per heavy atom. The molecule has 3 aromatic heterocycles. The predicted octanol–water partition coefficient (Wildman–Crippen LogP) is 4.07. The van der Waals surface area contributed by atoms with Crippen LogP contribution < -0.4 is 15.4 Å². The first kappa shape index (κ1) is 25.1. The number of imidazole rings is 1. The Labute approximate surface area is 218 Å². The molecule has 5 rings (SSSR count). The second kappa shape index (κ2) is 11.7. The number of para-hydroxylation sites is 1. The molecule has 38 heavy (non-hydrogen) atoms. The molecule has 194 valence electrons. The van der Waals surface area contributed by atoms with Crippen molar-refractivity contribution in [2.45, 2.75) is 19.4 Å². The van der Waals surface area contributed by atoms with Gasteiger partial charge < -0.3 is 24.8 Å². The van der Waals surface area contributed by atoms with Crippen LogP contribution >= 0.6 is 0 Å². The molecule has 3 N–H and O–H groups in total. The molecule has 0 fully saturated rings. The van der Waals surface area contributed by atoms with Crippen molar-refractivity contribution >= 4 is 16.9 Å². The van der Waals surface area contributed by atoms with Gasteiger partial charge in [-0.15, -0.1) is 0 Å². The zero-order valence-corrected chi connectivity index (χ0v) is 20.8. The number of nitrogens with zero attached hydrogens (tertiary/aromatic N) is 3. The van der Waals surface area contributed by atoms with Crippen molar-refractivity contribution in [3.63, 3.8) is 0 Å². The van der Waals surface area contributed by atoms with Gasteiger partial charge in [0.1, 0.15) is 23.7 Å². The molecule has 0 aliphatic heterocycles. The number of oxazole rings is 1. The molecular weight excluding hydrogens is 487 g/mol. The van der Waals surface area contributed by atoms with Gasteiger partial charge in [-0.1, -0.05) is 24.3 Å². The summed E-state index contributed by atoms with van der Waals surface area (Å²) in [6.07, 6.45) is 4.01. The summed E-state index contributed by atoms with van der Waals surface area (Å²) in [4.78, 5) is 28.5. The van der Waals surface area contributed by atoms with Crippen LogP contribution in [0.1, 0.15) is 27.9 Å². The molecule has 10 heteroatoms. The summed E-state index contributed by atoms with van der Waals surface area (Å²) >= 11 is 0. The van der Waals surface area contributed by atoms with Crippen molar-refractivity contribution in [1.82, 2.24) is 30.6 Å². The van der Waals surface area contributed by atoms with Crippen molar-refractivity contribution < 1.29 is 18.3 Å². The molecule has 5 aromatic rings. The molecule has 0 unspecified atom stereocenters. The van der Waals surface area contributed by atoms with Crippen LogP contribution in [-0.4, -0.2) is 46.0 Å². The molecule has 0 spiro atoms. The van der Waals surface area contributed by atoms with E-state index in [9.17, 15) is 9.18 Å². The maximum atomic E-state index is 13.7. The SMILES string of the molecule is COc1ccccc1-c1ccc2nc(CCNCCc3nc(C(=O)NCc4ncccc4F)co3)[nH]c2c1. The van der Waals surface area contributed by atoms with Crippen molar-refractivity contribution in [1.29, 1.82) is 0 Å². The summed E-state index contributed by atoms with van der Waals surface area (Å²) in [6.45, 7) is 1.31. The van der Waals surface area contributed by atoms with Gasteiger partial charge in [0.05, 0.1) is 30.4 Å². The number of methoxy groups -OCH3 is 1. The highest BCUT2D eigenvalue weighted by Gasteiger charge is 2.13. The lowest BCUT2D eigenvalue weighted by Gasteiger charge is -2.07. The van der Waals surface area contributed by atoms with E-state index in [-0.39, 0.29) is 17.9 Å². The average Bonchev–Trinajstić information content (AvgIpc) is 3.59. The van der Waals surface area contributed by atoms with Crippen LogP contribution in [0, 0.1) is 5.82 Å². The summed E-state index contributed by atoms with van der Waals surface area (Å²) in [5, 5.41) is 5.94. The highest BCUT2D eigenvalue weighted by Crippen LogP contribution is 2.31. The summed E-state index contributed by atoms with van der Waals surface area (Å²) in [6, 6.07) is 16.9. The van der Waals surface area contributed by atoms with Crippen LogP contribution in [0.4, 0.5) is 4.39 Å². The first-order valence-corrected chi connectivity index (χ1v) is 12.3. The lowest BCUT2D eigenvalue weighted by molar-refractivity contribution is 0.0945. The van der Waals surface area contributed by atoms with Gasteiger partial charge in [-0.05, 0) is 35.9 Å². The van der Waals surface area contributed by atoms with Gasteiger partial charge in [0.15, 0.2) is 11.6 Å².